The topological polar surface area (TPSA) is 101 Å². The number of hydrogen-bond donors (Lipinski definition) is 1. The van der Waals surface area contributed by atoms with Crippen LogP contribution in [-0.4, -0.2) is 55.2 Å². The third-order valence-corrected chi connectivity index (χ3v) is 4.30. The van der Waals surface area contributed by atoms with Gasteiger partial charge in [0.1, 0.15) is 6.33 Å². The van der Waals surface area contributed by atoms with Gasteiger partial charge in [0.15, 0.2) is 0 Å². The summed E-state index contributed by atoms with van der Waals surface area (Å²) in [7, 11) is 0. The molecule has 8 nitrogen and oxygen atoms in total. The van der Waals surface area contributed by atoms with Crippen molar-refractivity contribution in [3.8, 4) is 5.69 Å². The van der Waals surface area contributed by atoms with Crippen LogP contribution in [0.2, 0.25) is 0 Å². The van der Waals surface area contributed by atoms with E-state index in [1.807, 2.05) is 12.1 Å². The Kier molecular flexibility index (Phi) is 4.83. The molecule has 2 aromatic rings. The lowest BCUT2D eigenvalue weighted by molar-refractivity contribution is -0.137. The second-order valence-corrected chi connectivity index (χ2v) is 5.96. The summed E-state index contributed by atoms with van der Waals surface area (Å²) in [4.78, 5) is 25.5. The maximum Gasteiger partial charge on any atom is 0.303 e. The first-order chi connectivity index (χ1) is 11.6. The fraction of sp³-hybridized carbons (Fsp3) is 0.438. The fourth-order valence-corrected chi connectivity index (χ4v) is 3.11. The molecule has 126 valence electrons. The molecule has 1 aliphatic heterocycles. The number of carboxylic acids is 1. The predicted molar refractivity (Wildman–Crippen MR) is 84.7 cm³/mol. The molecule has 8 heteroatoms. The number of piperidine rings is 1. The first-order valence-corrected chi connectivity index (χ1v) is 7.98. The zero-order valence-corrected chi connectivity index (χ0v) is 13.2. The summed E-state index contributed by atoms with van der Waals surface area (Å²) in [6, 6.07) is 7.21. The summed E-state index contributed by atoms with van der Waals surface area (Å²) in [6.45, 7) is 1.28. The molecule has 0 bridgehead atoms. The van der Waals surface area contributed by atoms with Crippen molar-refractivity contribution < 1.29 is 14.7 Å². The third-order valence-electron chi connectivity index (χ3n) is 4.30. The van der Waals surface area contributed by atoms with Gasteiger partial charge in [-0.25, -0.2) is 0 Å². The number of carbonyl (C=O) groups is 2. The average Bonchev–Trinajstić information content (AvgIpc) is 3.14. The Hall–Kier alpha value is -2.77. The molecule has 1 unspecified atom stereocenters. The number of aromatic nitrogens is 4. The normalized spacial score (nSPS) is 17.7. The molecular weight excluding hydrogens is 310 g/mol. The lowest BCUT2D eigenvalue weighted by Gasteiger charge is -2.33. The SMILES string of the molecule is O=C(O)CCC1CCCN(C(=O)c2ccccc2-n2cnnn2)C1. The second-order valence-electron chi connectivity index (χ2n) is 5.96. The van der Waals surface area contributed by atoms with Gasteiger partial charge < -0.3 is 10.0 Å². The van der Waals surface area contributed by atoms with E-state index in [4.69, 9.17) is 5.11 Å². The van der Waals surface area contributed by atoms with E-state index in [-0.39, 0.29) is 18.2 Å². The first-order valence-electron chi connectivity index (χ1n) is 7.98. The fourth-order valence-electron chi connectivity index (χ4n) is 3.11. The molecule has 1 aromatic heterocycles. The number of likely N-dealkylation sites (tertiary alicyclic amines) is 1. The largest absolute Gasteiger partial charge is 0.481 e. The number of para-hydroxylation sites is 1. The third kappa shape index (κ3) is 3.58. The Bertz CT molecular complexity index is 716. The van der Waals surface area contributed by atoms with Gasteiger partial charge >= 0.3 is 5.97 Å². The van der Waals surface area contributed by atoms with Crippen molar-refractivity contribution in [2.24, 2.45) is 5.92 Å². The number of nitrogens with zero attached hydrogens (tertiary/aromatic N) is 5. The van der Waals surface area contributed by atoms with E-state index in [0.29, 0.717) is 30.8 Å². The van der Waals surface area contributed by atoms with Gasteiger partial charge in [-0.3, -0.25) is 9.59 Å². The van der Waals surface area contributed by atoms with Crippen LogP contribution in [0.4, 0.5) is 0 Å². The Morgan fingerprint density at radius 2 is 2.12 bits per heavy atom. The summed E-state index contributed by atoms with van der Waals surface area (Å²) < 4.78 is 1.47. The van der Waals surface area contributed by atoms with Crippen molar-refractivity contribution in [3.05, 3.63) is 36.2 Å². The molecule has 1 saturated heterocycles. The molecule has 24 heavy (non-hydrogen) atoms. The van der Waals surface area contributed by atoms with Crippen molar-refractivity contribution >= 4 is 11.9 Å². The van der Waals surface area contributed by atoms with E-state index in [1.165, 1.54) is 11.0 Å². The van der Waals surface area contributed by atoms with Gasteiger partial charge in [0.25, 0.3) is 5.91 Å². The molecule has 1 aliphatic rings. The average molecular weight is 329 g/mol. The van der Waals surface area contributed by atoms with Crippen molar-refractivity contribution in [3.63, 3.8) is 0 Å². The smallest absolute Gasteiger partial charge is 0.303 e. The highest BCUT2D eigenvalue weighted by Crippen LogP contribution is 2.24. The molecule has 1 atom stereocenters. The minimum Gasteiger partial charge on any atom is -0.481 e. The summed E-state index contributed by atoms with van der Waals surface area (Å²) in [5, 5.41) is 19.9. The van der Waals surface area contributed by atoms with Gasteiger partial charge in [0, 0.05) is 19.5 Å². The molecule has 0 spiro atoms. The lowest BCUT2D eigenvalue weighted by atomic mass is 9.93. The van der Waals surface area contributed by atoms with Gasteiger partial charge in [-0.05, 0) is 47.7 Å². The number of carbonyl (C=O) groups excluding carboxylic acids is 1. The monoisotopic (exact) mass is 329 g/mol. The number of amides is 1. The zero-order valence-electron chi connectivity index (χ0n) is 13.2. The second kappa shape index (κ2) is 7.20. The van der Waals surface area contributed by atoms with Gasteiger partial charge in [-0.2, -0.15) is 4.68 Å². The van der Waals surface area contributed by atoms with Crippen LogP contribution in [0.3, 0.4) is 0 Å². The summed E-state index contributed by atoms with van der Waals surface area (Å²) in [5.41, 5.74) is 1.18. The Balaban J connectivity index is 1.76. The van der Waals surface area contributed by atoms with E-state index in [9.17, 15) is 9.59 Å². The number of carboxylic acid groups (broad SMARTS) is 1. The number of rotatable bonds is 5. The van der Waals surface area contributed by atoms with Gasteiger partial charge in [0.05, 0.1) is 11.3 Å². The number of aliphatic carboxylic acids is 1. The maximum atomic E-state index is 12.9. The summed E-state index contributed by atoms with van der Waals surface area (Å²) in [6.07, 6.45) is 4.06. The number of hydrogen-bond acceptors (Lipinski definition) is 5. The van der Waals surface area contributed by atoms with Crippen LogP contribution in [0.5, 0.6) is 0 Å². The van der Waals surface area contributed by atoms with E-state index in [0.717, 1.165) is 12.8 Å². The quantitative estimate of drug-likeness (QED) is 0.889. The zero-order chi connectivity index (χ0) is 16.9. The minimum atomic E-state index is -0.789. The van der Waals surface area contributed by atoms with E-state index in [1.54, 1.807) is 17.0 Å². The van der Waals surface area contributed by atoms with Crippen LogP contribution in [0, 0.1) is 5.92 Å². The van der Waals surface area contributed by atoms with Crippen LogP contribution in [0.25, 0.3) is 5.69 Å². The molecule has 0 radical (unpaired) electrons. The van der Waals surface area contributed by atoms with Crippen LogP contribution in [-0.2, 0) is 4.79 Å². The molecule has 1 fully saturated rings. The van der Waals surface area contributed by atoms with Crippen LogP contribution < -0.4 is 0 Å². The predicted octanol–water partition coefficient (Wildman–Crippen LogP) is 1.38. The Labute approximate surface area is 139 Å². The van der Waals surface area contributed by atoms with Crippen molar-refractivity contribution in [2.75, 3.05) is 13.1 Å². The highest BCUT2D eigenvalue weighted by Gasteiger charge is 2.26. The molecule has 0 aliphatic carbocycles. The standard InChI is InChI=1S/C16H19N5O3/c22-15(23)8-7-12-4-3-9-20(10-12)16(24)13-5-1-2-6-14(13)21-11-17-18-19-21/h1-2,5-6,11-12H,3-4,7-10H2,(H,22,23). The van der Waals surface area contributed by atoms with Crippen LogP contribution in [0.15, 0.2) is 30.6 Å². The van der Waals surface area contributed by atoms with Crippen LogP contribution >= 0.6 is 0 Å². The van der Waals surface area contributed by atoms with Gasteiger partial charge in [-0.1, -0.05) is 12.1 Å². The van der Waals surface area contributed by atoms with Gasteiger partial charge in [0.2, 0.25) is 0 Å². The molecule has 1 N–H and O–H groups in total. The summed E-state index contributed by atoms with van der Waals surface area (Å²) in [5.74, 6) is -0.623. The van der Waals surface area contributed by atoms with Crippen molar-refractivity contribution in [2.45, 2.75) is 25.7 Å². The lowest BCUT2D eigenvalue weighted by Crippen LogP contribution is -2.40. The number of tetrazole rings is 1. The highest BCUT2D eigenvalue weighted by molar-refractivity contribution is 5.97. The Morgan fingerprint density at radius 1 is 1.29 bits per heavy atom. The van der Waals surface area contributed by atoms with E-state index in [2.05, 4.69) is 15.5 Å². The molecule has 0 saturated carbocycles. The van der Waals surface area contributed by atoms with Crippen molar-refractivity contribution in [1.82, 2.24) is 25.1 Å². The van der Waals surface area contributed by atoms with E-state index >= 15 is 0 Å². The van der Waals surface area contributed by atoms with Crippen LogP contribution in [0.1, 0.15) is 36.0 Å². The molecule has 1 amide bonds. The first kappa shape index (κ1) is 16.1. The maximum absolute atomic E-state index is 12.9. The Morgan fingerprint density at radius 3 is 2.88 bits per heavy atom. The minimum absolute atomic E-state index is 0.0684. The van der Waals surface area contributed by atoms with Crippen molar-refractivity contribution in [1.29, 1.82) is 0 Å². The molecule has 1 aromatic carbocycles. The molecular formula is C16H19N5O3. The molecule has 3 rings (SSSR count). The van der Waals surface area contributed by atoms with Gasteiger partial charge in [-0.15, -0.1) is 5.10 Å². The highest BCUT2D eigenvalue weighted by atomic mass is 16.4. The summed E-state index contributed by atoms with van der Waals surface area (Å²) >= 11 is 0. The van der Waals surface area contributed by atoms with E-state index < -0.39 is 5.97 Å². The number of benzene rings is 1. The molecule has 2 heterocycles.